The molecule has 45 heavy (non-hydrogen) atoms. The molecule has 1 aromatic carbocycles. The van der Waals surface area contributed by atoms with Crippen molar-refractivity contribution in [3.05, 3.63) is 47.8 Å². The Morgan fingerprint density at radius 2 is 1.98 bits per heavy atom. The van der Waals surface area contributed by atoms with Crippen LogP contribution in [0.4, 0.5) is 24.7 Å². The van der Waals surface area contributed by atoms with Crippen LogP contribution in [0.15, 0.2) is 41.7 Å². The van der Waals surface area contributed by atoms with Crippen LogP contribution in [0.2, 0.25) is 0 Å². The van der Waals surface area contributed by atoms with Gasteiger partial charge in [-0.3, -0.25) is 9.59 Å². The number of amides is 2. The fourth-order valence-electron chi connectivity index (χ4n) is 6.12. The van der Waals surface area contributed by atoms with Gasteiger partial charge in [0.15, 0.2) is 5.82 Å². The molecule has 3 N–H and O–H groups in total. The molecule has 4 aliphatic rings. The predicted octanol–water partition coefficient (Wildman–Crippen LogP) is 3.54. The van der Waals surface area contributed by atoms with Gasteiger partial charge in [0.25, 0.3) is 11.7 Å². The van der Waals surface area contributed by atoms with Crippen LogP contribution in [0, 0.1) is 17.8 Å². The Balaban J connectivity index is 1.32. The van der Waals surface area contributed by atoms with Crippen molar-refractivity contribution in [2.75, 3.05) is 63.6 Å². The van der Waals surface area contributed by atoms with Crippen molar-refractivity contribution in [3.8, 4) is 17.6 Å². The minimum atomic E-state index is -2.69. The molecule has 1 unspecified atom stereocenters. The first-order valence-electron chi connectivity index (χ1n) is 14.9. The fourth-order valence-corrected chi connectivity index (χ4v) is 6.80. The van der Waals surface area contributed by atoms with E-state index in [0.717, 1.165) is 6.54 Å². The summed E-state index contributed by atoms with van der Waals surface area (Å²) in [5, 5.41) is 9.51. The lowest BCUT2D eigenvalue weighted by Crippen LogP contribution is -2.51. The normalized spacial score (nSPS) is 24.1. The van der Waals surface area contributed by atoms with Gasteiger partial charge in [0.2, 0.25) is 5.91 Å². The minimum Gasteiger partial charge on any atom is -0.495 e. The first-order chi connectivity index (χ1) is 21.8. The summed E-state index contributed by atoms with van der Waals surface area (Å²) < 4.78 is 49.8. The second-order valence-electron chi connectivity index (χ2n) is 11.2. The molecule has 3 aromatic rings. The summed E-state index contributed by atoms with van der Waals surface area (Å²) in [4.78, 5) is 34.4. The van der Waals surface area contributed by atoms with E-state index in [-0.39, 0.29) is 35.8 Å². The zero-order chi connectivity index (χ0) is 31.5. The van der Waals surface area contributed by atoms with Gasteiger partial charge in [-0.05, 0) is 55.4 Å². The number of hydrogen-bond acceptors (Lipinski definition) is 8. The van der Waals surface area contributed by atoms with Crippen LogP contribution in [0.1, 0.15) is 28.8 Å². The number of nitrogens with zero attached hydrogens (tertiary/aromatic N) is 4. The third-order valence-corrected chi connectivity index (χ3v) is 9.23. The van der Waals surface area contributed by atoms with Crippen molar-refractivity contribution < 1.29 is 27.5 Å². The van der Waals surface area contributed by atoms with Crippen LogP contribution in [-0.4, -0.2) is 102 Å². The molecule has 8 bridgehead atoms. The van der Waals surface area contributed by atoms with Gasteiger partial charge in [-0.25, -0.2) is 9.37 Å². The van der Waals surface area contributed by atoms with Gasteiger partial charge < -0.3 is 34.9 Å². The van der Waals surface area contributed by atoms with Gasteiger partial charge in [-0.2, -0.15) is 8.78 Å². The number of ether oxygens (including phenoxy) is 1. The summed E-state index contributed by atoms with van der Waals surface area (Å²) in [6.07, 6.45) is 2.76. The van der Waals surface area contributed by atoms with Crippen molar-refractivity contribution in [1.29, 1.82) is 0 Å². The van der Waals surface area contributed by atoms with Crippen molar-refractivity contribution in [2.24, 2.45) is 5.92 Å². The van der Waals surface area contributed by atoms with Gasteiger partial charge in [0.1, 0.15) is 16.9 Å². The van der Waals surface area contributed by atoms with E-state index in [1.165, 1.54) is 13.3 Å². The number of carbonyl (C=O) groups is 2. The molecule has 2 aromatic heterocycles. The highest BCUT2D eigenvalue weighted by molar-refractivity contribution is 7.99. The van der Waals surface area contributed by atoms with Gasteiger partial charge in [0.05, 0.1) is 48.9 Å². The molecule has 0 saturated carbocycles. The molecule has 4 atom stereocenters. The molecule has 238 valence electrons. The molecule has 0 radical (unpaired) electrons. The average molecular weight is 642 g/mol. The Morgan fingerprint density at radius 1 is 1.11 bits per heavy atom. The quantitative estimate of drug-likeness (QED) is 0.295. The maximum atomic E-state index is 15.5. The van der Waals surface area contributed by atoms with Crippen LogP contribution >= 0.6 is 11.8 Å². The topological polar surface area (TPSA) is 103 Å². The highest BCUT2D eigenvalue weighted by atomic mass is 32.2. The van der Waals surface area contributed by atoms with E-state index >= 15 is 4.39 Å². The first-order valence-corrected chi connectivity index (χ1v) is 15.7. The summed E-state index contributed by atoms with van der Waals surface area (Å²) in [6, 6.07) is 6.09. The second kappa shape index (κ2) is 13.5. The summed E-state index contributed by atoms with van der Waals surface area (Å²) in [5.74, 6) is 3.61. The van der Waals surface area contributed by atoms with Crippen LogP contribution in [-0.2, 0) is 4.79 Å². The van der Waals surface area contributed by atoms with Gasteiger partial charge in [0, 0.05) is 44.1 Å². The van der Waals surface area contributed by atoms with E-state index in [1.54, 1.807) is 39.8 Å². The Bertz CT molecular complexity index is 1640. The molecule has 0 aliphatic carbocycles. The van der Waals surface area contributed by atoms with E-state index in [2.05, 4.69) is 37.7 Å². The number of thioether (sulfide) groups is 1. The highest BCUT2D eigenvalue weighted by Gasteiger charge is 2.37. The number of anilines is 2. The number of carbonyl (C=O) groups excluding carboxylic acids is 2. The number of halogens is 3. The van der Waals surface area contributed by atoms with Crippen molar-refractivity contribution in [2.45, 2.75) is 35.8 Å². The van der Waals surface area contributed by atoms with Crippen molar-refractivity contribution in [1.82, 2.24) is 24.5 Å². The molecule has 14 heteroatoms. The Labute approximate surface area is 263 Å². The first kappa shape index (κ1) is 30.9. The molecule has 0 spiro atoms. The summed E-state index contributed by atoms with van der Waals surface area (Å²) in [5.41, 5.74) is 1.85. The summed E-state index contributed by atoms with van der Waals surface area (Å²) >= 11 is 0.371. The van der Waals surface area contributed by atoms with Crippen LogP contribution in [0.3, 0.4) is 0 Å². The molecule has 6 heterocycles. The van der Waals surface area contributed by atoms with E-state index in [9.17, 15) is 18.4 Å². The van der Waals surface area contributed by atoms with Crippen molar-refractivity contribution in [3.63, 3.8) is 0 Å². The maximum absolute atomic E-state index is 15.5. The number of alkyl halides is 3. The van der Waals surface area contributed by atoms with E-state index in [0.29, 0.717) is 84.7 Å². The maximum Gasteiger partial charge on any atom is 0.290 e. The molecular formula is C31H34F3N7O3S. The molecule has 2 saturated heterocycles. The molecule has 4 aliphatic heterocycles. The second-order valence-corrected chi connectivity index (χ2v) is 12.2. The predicted molar refractivity (Wildman–Crippen MR) is 166 cm³/mol. The minimum absolute atomic E-state index is 0.0345. The van der Waals surface area contributed by atoms with Crippen LogP contribution < -0.4 is 20.7 Å². The lowest BCUT2D eigenvalue weighted by molar-refractivity contribution is -0.137. The van der Waals surface area contributed by atoms with Crippen molar-refractivity contribution >= 4 is 40.6 Å². The number of methoxy groups -OCH3 is 1. The van der Waals surface area contributed by atoms with Gasteiger partial charge in [-0.1, -0.05) is 11.8 Å². The highest BCUT2D eigenvalue weighted by Crippen LogP contribution is 2.34. The monoisotopic (exact) mass is 641 g/mol. The number of fused-ring (bicyclic) bond motifs is 7. The van der Waals surface area contributed by atoms with E-state index in [4.69, 9.17) is 4.74 Å². The van der Waals surface area contributed by atoms with E-state index < -0.39 is 18.0 Å². The molecule has 2 fully saturated rings. The molecule has 2 amide bonds. The lowest BCUT2D eigenvalue weighted by atomic mass is 10.00. The Hall–Kier alpha value is -4.09. The Morgan fingerprint density at radius 3 is 2.78 bits per heavy atom. The van der Waals surface area contributed by atoms with Crippen LogP contribution in [0.25, 0.3) is 5.52 Å². The Kier molecular flexibility index (Phi) is 9.27. The largest absolute Gasteiger partial charge is 0.495 e. The fraction of sp³-hybridized carbons (Fsp3) is 0.452. The van der Waals surface area contributed by atoms with E-state index in [1.807, 2.05) is 0 Å². The number of piperidine rings is 1. The van der Waals surface area contributed by atoms with Gasteiger partial charge in [-0.15, -0.1) is 0 Å². The SMILES string of the molecule is COc1ccc2cc1NCC#Cc1cc3c(nccn3c1SC(F)F)N[C@@H]1CCN(C[C@@H]1F)C(=O)[C@@H]1CCN(CCNC2=O)C1. The number of rotatable bonds is 3. The summed E-state index contributed by atoms with van der Waals surface area (Å²) in [6.45, 7) is 2.79. The number of benzene rings is 1. The zero-order valence-electron chi connectivity index (χ0n) is 24.7. The van der Waals surface area contributed by atoms with Gasteiger partial charge >= 0.3 is 0 Å². The number of hydrogen-bond donors (Lipinski definition) is 3. The zero-order valence-corrected chi connectivity index (χ0v) is 25.5. The summed E-state index contributed by atoms with van der Waals surface area (Å²) in [7, 11) is 1.52. The number of aromatic nitrogens is 2. The third-order valence-electron chi connectivity index (χ3n) is 8.41. The molecular weight excluding hydrogens is 607 g/mol. The number of nitrogens with one attached hydrogen (secondary N) is 3. The lowest BCUT2D eigenvalue weighted by Gasteiger charge is -2.36. The molecule has 7 rings (SSSR count). The smallest absolute Gasteiger partial charge is 0.290 e. The average Bonchev–Trinajstić information content (AvgIpc) is 3.64. The third kappa shape index (κ3) is 6.79. The molecule has 10 nitrogen and oxygen atoms in total. The standard InChI is InChI=1S/C31H34F3N7O3S/c1-44-26-5-4-19-15-24(26)35-8-2-3-20-16-25-27(36-10-14-41(25)30(20)45-31(33)34)38-23-7-12-40(18-22(23)32)29(43)21-6-11-39(17-21)13-9-37-28(19)42/h4-5,10,14-16,21-23,31,35H,6-9,11-13,17-18H2,1H3,(H,36,38)(H,37,42)/t21-,22+,23-/m1/s1. The van der Waals surface area contributed by atoms with Crippen LogP contribution in [0.5, 0.6) is 5.75 Å².